The molecular weight excluding hydrogens is 713 g/mol. The van der Waals surface area contributed by atoms with Gasteiger partial charge in [-0.25, -0.2) is 4.63 Å². The van der Waals surface area contributed by atoms with E-state index in [9.17, 15) is 29.9 Å². The highest BCUT2D eigenvalue weighted by Gasteiger charge is 2.70. The zero-order chi connectivity index (χ0) is 40.5. The number of allylic oxidation sites excluding steroid dienone is 2. The van der Waals surface area contributed by atoms with Gasteiger partial charge in [0.15, 0.2) is 5.52 Å². The predicted molar refractivity (Wildman–Crippen MR) is 213 cm³/mol. The average molecular weight is 777 g/mol. The number of rotatable bonds is 12. The second kappa shape index (κ2) is 14.4. The maximum atomic E-state index is 13.4. The number of unbranched alkanes of at least 4 members (excludes halogenated alkanes) is 4. The number of hydrogen-bond acceptors (Lipinski definition) is 10. The fourth-order valence-corrected chi connectivity index (χ4v) is 13.4. The Morgan fingerprint density at radius 1 is 0.929 bits per heavy atom. The molecule has 1 aromatic heterocycles. The number of aliphatic carboxylic acids is 1. The summed E-state index contributed by atoms with van der Waals surface area (Å²) in [6.45, 7) is 17.0. The lowest BCUT2D eigenvalue weighted by atomic mass is 9.33. The van der Waals surface area contributed by atoms with Gasteiger partial charge >= 0.3 is 17.6 Å². The Morgan fingerprint density at radius 3 is 2.36 bits per heavy atom. The molecule has 5 aliphatic carbocycles. The minimum atomic E-state index is -0.744. The monoisotopic (exact) mass is 776 g/mol. The van der Waals surface area contributed by atoms with Crippen molar-refractivity contribution in [1.82, 2.24) is 10.3 Å². The van der Waals surface area contributed by atoms with Crippen LogP contribution in [0, 0.1) is 60.4 Å². The third-order valence-corrected chi connectivity index (χ3v) is 16.7. The first kappa shape index (κ1) is 40.6. The van der Waals surface area contributed by atoms with E-state index in [4.69, 9.17) is 9.37 Å². The van der Waals surface area contributed by atoms with Gasteiger partial charge in [0.05, 0.1) is 22.1 Å². The number of non-ortho nitro benzene ring substituents is 1. The van der Waals surface area contributed by atoms with Crippen molar-refractivity contribution in [2.75, 3.05) is 11.9 Å². The van der Waals surface area contributed by atoms with E-state index in [-0.39, 0.29) is 50.7 Å². The Balaban J connectivity index is 0.961. The number of aromatic nitrogens is 2. The standard InChI is InChI=1S/C44H64N4O8/c1-39(2)20-22-44(38(51)52)23-21-42(6)27(28(44)25-39)14-17-33-41(5)26-31(37(50)40(3,4)32(41)18-19-43(33,42)7)55-34(49)13-11-9-8-10-12-24-45-29-15-16-30(48(53)54)36-35(29)46-56-47-36/h14-16,28,31-33,37,45,50H,8-13,17-26H2,1-7H3,(H,51,52)/t28-,31+,32-,33+,37-,41-,42+,43+,44-/m0/s1. The van der Waals surface area contributed by atoms with E-state index in [0.29, 0.717) is 42.9 Å². The first-order valence-electron chi connectivity index (χ1n) is 21.3. The summed E-state index contributed by atoms with van der Waals surface area (Å²) in [6.07, 6.45) is 13.7. The Labute approximate surface area is 331 Å². The van der Waals surface area contributed by atoms with Crippen LogP contribution in [-0.4, -0.2) is 56.1 Å². The first-order chi connectivity index (χ1) is 26.3. The maximum absolute atomic E-state index is 13.4. The van der Waals surface area contributed by atoms with Gasteiger partial charge in [0.25, 0.3) is 0 Å². The number of benzene rings is 1. The molecule has 0 radical (unpaired) electrons. The Bertz CT molecular complexity index is 1890. The van der Waals surface area contributed by atoms with Crippen LogP contribution >= 0.6 is 0 Å². The summed E-state index contributed by atoms with van der Waals surface area (Å²) in [5.41, 5.74) is 1.10. The van der Waals surface area contributed by atoms with E-state index >= 15 is 0 Å². The number of carbonyl (C=O) groups excluding carboxylic acids is 1. The highest BCUT2D eigenvalue weighted by molar-refractivity contribution is 5.93. The lowest BCUT2D eigenvalue weighted by Crippen LogP contribution is -2.67. The fraction of sp³-hybridized carbons (Fsp3) is 0.773. The number of carboxylic acid groups (broad SMARTS) is 1. The number of aliphatic hydroxyl groups is 1. The molecule has 7 rings (SSSR count). The average Bonchev–Trinajstić information content (AvgIpc) is 3.62. The van der Waals surface area contributed by atoms with Gasteiger partial charge in [-0.1, -0.05) is 79.4 Å². The molecule has 0 amide bonds. The van der Waals surface area contributed by atoms with Crippen molar-refractivity contribution in [1.29, 1.82) is 0 Å². The number of nitrogens with one attached hydrogen (secondary N) is 1. The number of carbonyl (C=O) groups is 2. The van der Waals surface area contributed by atoms with E-state index in [0.717, 1.165) is 77.0 Å². The van der Waals surface area contributed by atoms with Crippen LogP contribution in [0.5, 0.6) is 0 Å². The number of carboxylic acids is 1. The first-order valence-corrected chi connectivity index (χ1v) is 21.3. The number of nitro groups is 1. The molecule has 9 atom stereocenters. The summed E-state index contributed by atoms with van der Waals surface area (Å²) >= 11 is 0. The van der Waals surface area contributed by atoms with Gasteiger partial charge in [-0.3, -0.25) is 19.7 Å². The van der Waals surface area contributed by atoms with Crippen LogP contribution < -0.4 is 5.32 Å². The molecule has 308 valence electrons. The van der Waals surface area contributed by atoms with Gasteiger partial charge in [-0.2, -0.15) is 0 Å². The van der Waals surface area contributed by atoms with E-state index in [1.54, 1.807) is 6.07 Å². The van der Waals surface area contributed by atoms with Crippen LogP contribution in [0.3, 0.4) is 0 Å². The summed E-state index contributed by atoms with van der Waals surface area (Å²) in [6, 6.07) is 3.02. The normalized spacial score (nSPS) is 36.9. The molecule has 4 saturated carbocycles. The Morgan fingerprint density at radius 2 is 1.62 bits per heavy atom. The van der Waals surface area contributed by atoms with Crippen LogP contribution in [0.2, 0.25) is 0 Å². The number of hydrogen-bond donors (Lipinski definition) is 3. The zero-order valence-corrected chi connectivity index (χ0v) is 34.6. The molecule has 1 heterocycles. The van der Waals surface area contributed by atoms with Gasteiger partial charge in [-0.15, -0.1) is 0 Å². The summed E-state index contributed by atoms with van der Waals surface area (Å²) in [4.78, 5) is 37.2. The van der Waals surface area contributed by atoms with Gasteiger partial charge < -0.3 is 20.3 Å². The number of esters is 1. The summed E-state index contributed by atoms with van der Waals surface area (Å²) < 4.78 is 11.0. The van der Waals surface area contributed by atoms with Gasteiger partial charge in [0.2, 0.25) is 5.52 Å². The number of nitrogens with zero attached hydrogens (tertiary/aromatic N) is 3. The molecule has 0 unspecified atom stereocenters. The van der Waals surface area contributed by atoms with Gasteiger partial charge in [0.1, 0.15) is 6.10 Å². The van der Waals surface area contributed by atoms with Crippen LogP contribution in [0.25, 0.3) is 11.0 Å². The summed E-state index contributed by atoms with van der Waals surface area (Å²) in [7, 11) is 0. The van der Waals surface area contributed by atoms with Crippen molar-refractivity contribution >= 4 is 34.3 Å². The quantitative estimate of drug-likeness (QED) is 0.0615. The maximum Gasteiger partial charge on any atom is 0.310 e. The number of anilines is 1. The van der Waals surface area contributed by atoms with E-state index in [2.05, 4.69) is 70.2 Å². The number of ether oxygens (including phenoxy) is 1. The predicted octanol–water partition coefficient (Wildman–Crippen LogP) is 9.65. The Hall–Kier alpha value is -3.54. The van der Waals surface area contributed by atoms with Crippen molar-refractivity contribution < 1.29 is 34.1 Å². The topological polar surface area (TPSA) is 178 Å². The van der Waals surface area contributed by atoms with Crippen molar-refractivity contribution in [3.8, 4) is 0 Å². The second-order valence-electron chi connectivity index (χ2n) is 20.5. The van der Waals surface area contributed by atoms with Crippen molar-refractivity contribution in [2.45, 2.75) is 157 Å². The molecule has 0 bridgehead atoms. The fourth-order valence-electron chi connectivity index (χ4n) is 13.4. The van der Waals surface area contributed by atoms with Crippen molar-refractivity contribution in [2.24, 2.45) is 50.2 Å². The highest BCUT2D eigenvalue weighted by atomic mass is 16.6. The largest absolute Gasteiger partial charge is 0.481 e. The molecule has 2 aromatic rings. The summed E-state index contributed by atoms with van der Waals surface area (Å²) in [5, 5.41) is 44.6. The van der Waals surface area contributed by atoms with Crippen LogP contribution in [0.15, 0.2) is 28.4 Å². The number of nitro benzene ring substituents is 1. The number of aliphatic hydroxyl groups excluding tert-OH is 1. The SMILES string of the molecule is CC1(C)CC[C@]2(C(=O)O)CC[C@]3(C)C(=CC[C@@H]4[C@@]5(C)C[C@@H](OC(=O)CCCCCCCNc6ccc([N+](=O)[O-])c7nonc67)[C@H](O)C(C)(C)[C@@H]5CC[C@]43C)[C@@H]2C1. The van der Waals surface area contributed by atoms with Gasteiger partial charge in [-0.05, 0) is 132 Å². The minimum absolute atomic E-state index is 0.0293. The summed E-state index contributed by atoms with van der Waals surface area (Å²) in [5.74, 6) is -0.185. The smallest absolute Gasteiger partial charge is 0.310 e. The molecule has 56 heavy (non-hydrogen) atoms. The molecule has 5 aliphatic rings. The van der Waals surface area contributed by atoms with Crippen LogP contribution in [-0.2, 0) is 14.3 Å². The lowest BCUT2D eigenvalue weighted by molar-refractivity contribution is -0.383. The third kappa shape index (κ3) is 6.44. The third-order valence-electron chi connectivity index (χ3n) is 16.7. The lowest BCUT2D eigenvalue weighted by Gasteiger charge is -2.71. The van der Waals surface area contributed by atoms with Gasteiger partial charge in [0, 0.05) is 19.0 Å². The molecule has 4 fully saturated rings. The second-order valence-corrected chi connectivity index (χ2v) is 20.5. The van der Waals surface area contributed by atoms with Crippen LogP contribution in [0.4, 0.5) is 11.4 Å². The van der Waals surface area contributed by atoms with Crippen molar-refractivity contribution in [3.63, 3.8) is 0 Å². The molecule has 1 aromatic carbocycles. The number of fused-ring (bicyclic) bond motifs is 8. The molecule has 12 nitrogen and oxygen atoms in total. The molecule has 3 N–H and O–H groups in total. The van der Waals surface area contributed by atoms with E-state index in [1.807, 2.05) is 0 Å². The van der Waals surface area contributed by atoms with E-state index < -0.39 is 33.9 Å². The molecular formula is C44H64N4O8. The molecule has 0 aliphatic heterocycles. The van der Waals surface area contributed by atoms with Crippen molar-refractivity contribution in [3.05, 3.63) is 33.9 Å². The van der Waals surface area contributed by atoms with Crippen LogP contribution in [0.1, 0.15) is 145 Å². The molecule has 0 saturated heterocycles. The van der Waals surface area contributed by atoms with E-state index in [1.165, 1.54) is 11.6 Å². The zero-order valence-electron chi connectivity index (χ0n) is 34.6. The highest BCUT2D eigenvalue weighted by Crippen LogP contribution is 2.76. The minimum Gasteiger partial charge on any atom is -0.481 e. The Kier molecular flexibility index (Phi) is 10.4. The molecule has 12 heteroatoms. The molecule has 0 spiro atoms.